The largest absolute Gasteiger partial charge is 0.373 e. The van der Waals surface area contributed by atoms with Gasteiger partial charge < -0.3 is 15.0 Å². The van der Waals surface area contributed by atoms with Gasteiger partial charge in [0.25, 0.3) is 0 Å². The molecule has 1 aliphatic heterocycles. The average molecular weight is 367 g/mol. The van der Waals surface area contributed by atoms with E-state index >= 15 is 0 Å². The molecule has 3 rings (SSSR count). The van der Waals surface area contributed by atoms with Crippen LogP contribution in [0.4, 0.5) is 10.5 Å². The van der Waals surface area contributed by atoms with Crippen LogP contribution in [0.5, 0.6) is 0 Å². The smallest absolute Gasteiger partial charge is 0.321 e. The topological polar surface area (TPSA) is 44.8 Å². The summed E-state index contributed by atoms with van der Waals surface area (Å²) in [6.45, 7) is 7.40. The lowest BCUT2D eigenvalue weighted by atomic mass is 10.1. The minimum absolute atomic E-state index is 0.102. The number of anilines is 1. The Kier molecular flexibility index (Phi) is 6.48. The number of carbonyl (C=O) groups is 1. The van der Waals surface area contributed by atoms with E-state index < -0.39 is 0 Å². The van der Waals surface area contributed by atoms with E-state index in [2.05, 4.69) is 30.1 Å². The van der Waals surface area contributed by atoms with Gasteiger partial charge in [0, 0.05) is 38.9 Å². The maximum atomic E-state index is 12.6. The number of urea groups is 1. The van der Waals surface area contributed by atoms with Crippen LogP contribution in [0.15, 0.2) is 54.6 Å². The molecule has 0 aromatic heterocycles. The molecule has 27 heavy (non-hydrogen) atoms. The summed E-state index contributed by atoms with van der Waals surface area (Å²) in [5.74, 6) is 0. The van der Waals surface area contributed by atoms with Crippen LogP contribution in [-0.2, 0) is 17.8 Å². The van der Waals surface area contributed by atoms with Gasteiger partial charge >= 0.3 is 6.03 Å². The number of para-hydroxylation sites is 1. The molecule has 2 aromatic carbocycles. The molecule has 1 saturated heterocycles. The van der Waals surface area contributed by atoms with Crippen molar-refractivity contribution in [1.82, 2.24) is 9.80 Å². The van der Waals surface area contributed by atoms with E-state index in [1.165, 1.54) is 0 Å². The van der Waals surface area contributed by atoms with Gasteiger partial charge in [-0.2, -0.15) is 0 Å². The van der Waals surface area contributed by atoms with Gasteiger partial charge in [-0.1, -0.05) is 48.5 Å². The molecule has 2 aromatic rings. The Morgan fingerprint density at radius 2 is 1.70 bits per heavy atom. The number of morpholine rings is 1. The highest BCUT2D eigenvalue weighted by atomic mass is 16.5. The maximum Gasteiger partial charge on any atom is 0.321 e. The number of ether oxygens (including phenoxy) is 1. The van der Waals surface area contributed by atoms with Crippen molar-refractivity contribution in [2.75, 3.05) is 25.5 Å². The second-order valence-corrected chi connectivity index (χ2v) is 7.38. The van der Waals surface area contributed by atoms with Crippen LogP contribution in [0.25, 0.3) is 0 Å². The third-order valence-corrected chi connectivity index (χ3v) is 4.76. The fourth-order valence-electron chi connectivity index (χ4n) is 3.57. The van der Waals surface area contributed by atoms with Crippen molar-refractivity contribution in [3.05, 3.63) is 65.7 Å². The van der Waals surface area contributed by atoms with Gasteiger partial charge in [-0.05, 0) is 31.0 Å². The SMILES string of the molecule is CC1CN(Cc2ccccc2NC(=O)N(C)Cc2ccccc2)CC(C)O1. The summed E-state index contributed by atoms with van der Waals surface area (Å²) in [5, 5.41) is 3.07. The molecular weight excluding hydrogens is 338 g/mol. The van der Waals surface area contributed by atoms with Gasteiger partial charge in [0.1, 0.15) is 0 Å². The first-order chi connectivity index (χ1) is 13.0. The molecular formula is C22H29N3O2. The van der Waals surface area contributed by atoms with Crippen molar-refractivity contribution >= 4 is 11.7 Å². The first kappa shape index (κ1) is 19.4. The number of nitrogens with one attached hydrogen (secondary N) is 1. The molecule has 1 heterocycles. The molecule has 2 unspecified atom stereocenters. The number of nitrogens with zero attached hydrogens (tertiary/aromatic N) is 2. The lowest BCUT2D eigenvalue weighted by Gasteiger charge is -2.35. The van der Waals surface area contributed by atoms with Crippen LogP contribution >= 0.6 is 0 Å². The molecule has 144 valence electrons. The van der Waals surface area contributed by atoms with E-state index in [4.69, 9.17) is 4.74 Å². The van der Waals surface area contributed by atoms with Gasteiger partial charge in [0.05, 0.1) is 12.2 Å². The molecule has 0 spiro atoms. The average Bonchev–Trinajstić information content (AvgIpc) is 2.63. The highest BCUT2D eigenvalue weighted by Crippen LogP contribution is 2.21. The molecule has 0 saturated carbocycles. The molecule has 5 heteroatoms. The third-order valence-electron chi connectivity index (χ3n) is 4.76. The molecule has 2 atom stereocenters. The zero-order valence-electron chi connectivity index (χ0n) is 16.4. The summed E-state index contributed by atoms with van der Waals surface area (Å²) < 4.78 is 5.82. The first-order valence-electron chi connectivity index (χ1n) is 9.53. The Hall–Kier alpha value is -2.37. The summed E-state index contributed by atoms with van der Waals surface area (Å²) in [6.07, 6.45) is 0.458. The Morgan fingerprint density at radius 1 is 1.07 bits per heavy atom. The van der Waals surface area contributed by atoms with Gasteiger partial charge in [0.15, 0.2) is 0 Å². The first-order valence-corrected chi connectivity index (χ1v) is 9.53. The van der Waals surface area contributed by atoms with Crippen LogP contribution in [0.3, 0.4) is 0 Å². The van der Waals surface area contributed by atoms with Crippen molar-refractivity contribution in [3.63, 3.8) is 0 Å². The Morgan fingerprint density at radius 3 is 2.41 bits per heavy atom. The lowest BCUT2D eigenvalue weighted by molar-refractivity contribution is -0.0704. The molecule has 0 bridgehead atoms. The molecule has 0 radical (unpaired) electrons. The number of hydrogen-bond donors (Lipinski definition) is 1. The predicted octanol–water partition coefficient (Wildman–Crippen LogP) is 3.96. The predicted molar refractivity (Wildman–Crippen MR) is 109 cm³/mol. The van der Waals surface area contributed by atoms with Crippen molar-refractivity contribution in [1.29, 1.82) is 0 Å². The van der Waals surface area contributed by atoms with Crippen LogP contribution in [0.1, 0.15) is 25.0 Å². The fourth-order valence-corrected chi connectivity index (χ4v) is 3.57. The van der Waals surface area contributed by atoms with Crippen LogP contribution in [-0.4, -0.2) is 48.2 Å². The molecule has 1 aliphatic rings. The van der Waals surface area contributed by atoms with E-state index in [9.17, 15) is 4.79 Å². The summed E-state index contributed by atoms with van der Waals surface area (Å²) in [5.41, 5.74) is 3.11. The van der Waals surface area contributed by atoms with Crippen molar-refractivity contribution < 1.29 is 9.53 Å². The number of amides is 2. The number of hydrogen-bond acceptors (Lipinski definition) is 3. The fraction of sp³-hybridized carbons (Fsp3) is 0.409. The summed E-state index contributed by atoms with van der Waals surface area (Å²) >= 11 is 0. The van der Waals surface area contributed by atoms with E-state index in [1.807, 2.05) is 55.6 Å². The highest BCUT2D eigenvalue weighted by Gasteiger charge is 2.23. The standard InChI is InChI=1S/C22H29N3O2/c1-17-13-25(14-18(2)27-17)16-20-11-7-8-12-21(20)23-22(26)24(3)15-19-9-5-4-6-10-19/h4-12,17-18H,13-16H2,1-3H3,(H,23,26). The van der Waals surface area contributed by atoms with E-state index in [0.717, 1.165) is 36.4 Å². The summed E-state index contributed by atoms with van der Waals surface area (Å²) in [7, 11) is 1.82. The van der Waals surface area contributed by atoms with Crippen molar-refractivity contribution in [2.45, 2.75) is 39.1 Å². The lowest BCUT2D eigenvalue weighted by Crippen LogP contribution is -2.45. The Labute approximate surface area is 161 Å². The minimum atomic E-state index is -0.102. The van der Waals surface area contributed by atoms with E-state index in [1.54, 1.807) is 4.90 Å². The normalized spacial score (nSPS) is 20.3. The van der Waals surface area contributed by atoms with Gasteiger partial charge in [-0.25, -0.2) is 4.79 Å². The van der Waals surface area contributed by atoms with Crippen LogP contribution in [0.2, 0.25) is 0 Å². The number of rotatable bonds is 5. The van der Waals surface area contributed by atoms with Crippen LogP contribution < -0.4 is 5.32 Å². The molecule has 1 N–H and O–H groups in total. The van der Waals surface area contributed by atoms with Crippen molar-refractivity contribution in [3.8, 4) is 0 Å². The van der Waals surface area contributed by atoms with Gasteiger partial charge in [-0.3, -0.25) is 4.90 Å². The van der Waals surface area contributed by atoms with Gasteiger partial charge in [0.2, 0.25) is 0 Å². The Bertz CT molecular complexity index is 740. The van der Waals surface area contributed by atoms with E-state index in [-0.39, 0.29) is 18.2 Å². The Balaban J connectivity index is 1.64. The third kappa shape index (κ3) is 5.55. The second-order valence-electron chi connectivity index (χ2n) is 7.38. The number of carbonyl (C=O) groups excluding carboxylic acids is 1. The molecule has 5 nitrogen and oxygen atoms in total. The highest BCUT2D eigenvalue weighted by molar-refractivity contribution is 5.90. The number of benzene rings is 2. The molecule has 1 fully saturated rings. The van der Waals surface area contributed by atoms with Gasteiger partial charge in [-0.15, -0.1) is 0 Å². The summed E-state index contributed by atoms with van der Waals surface area (Å²) in [4.78, 5) is 16.7. The monoisotopic (exact) mass is 367 g/mol. The maximum absolute atomic E-state index is 12.6. The molecule has 0 aliphatic carbocycles. The zero-order valence-corrected chi connectivity index (χ0v) is 16.4. The summed E-state index contributed by atoms with van der Waals surface area (Å²) in [6, 6.07) is 17.9. The van der Waals surface area contributed by atoms with Crippen molar-refractivity contribution in [2.24, 2.45) is 0 Å². The minimum Gasteiger partial charge on any atom is -0.373 e. The van der Waals surface area contributed by atoms with E-state index in [0.29, 0.717) is 6.54 Å². The quantitative estimate of drug-likeness (QED) is 0.870. The van der Waals surface area contributed by atoms with Crippen LogP contribution in [0, 0.1) is 0 Å². The zero-order chi connectivity index (χ0) is 19.2. The second kappa shape index (κ2) is 9.02. The molecule has 2 amide bonds.